The number of carbonyl (C=O) groups is 2. The maximum atomic E-state index is 12.5. The maximum Gasteiger partial charge on any atom is 0.261 e. The molecule has 0 fully saturated rings. The quantitative estimate of drug-likeness (QED) is 0.720. The van der Waals surface area contributed by atoms with E-state index in [0.717, 1.165) is 0 Å². The van der Waals surface area contributed by atoms with E-state index in [1.54, 1.807) is 32.0 Å². The third-order valence-electron chi connectivity index (χ3n) is 3.50. The van der Waals surface area contributed by atoms with Gasteiger partial charge in [0.05, 0.1) is 5.54 Å². The zero-order valence-electron chi connectivity index (χ0n) is 14.8. The second-order valence-electron chi connectivity index (χ2n) is 6.76. The van der Waals surface area contributed by atoms with Crippen molar-refractivity contribution in [3.05, 3.63) is 28.2 Å². The Morgan fingerprint density at radius 2 is 1.71 bits per heavy atom. The summed E-state index contributed by atoms with van der Waals surface area (Å²) in [5.41, 5.74) is -0.940. The minimum absolute atomic E-state index is 0.00787. The first-order chi connectivity index (χ1) is 11.0. The van der Waals surface area contributed by atoms with E-state index in [-0.39, 0.29) is 17.6 Å². The Bertz CT molecular complexity index is 580. The van der Waals surface area contributed by atoms with E-state index in [1.165, 1.54) is 0 Å². The molecule has 0 aromatic heterocycles. The zero-order valence-corrected chi connectivity index (χ0v) is 16.3. The molecule has 0 aliphatic heterocycles. The molecule has 0 aliphatic rings. The van der Waals surface area contributed by atoms with Crippen molar-refractivity contribution in [1.82, 2.24) is 5.32 Å². The fraction of sp³-hybridized carbons (Fsp3) is 0.556. The molecule has 1 aromatic carbocycles. The third kappa shape index (κ3) is 6.33. The molecule has 0 heterocycles. The van der Waals surface area contributed by atoms with E-state index < -0.39 is 11.6 Å². The summed E-state index contributed by atoms with van der Waals surface area (Å²) < 4.78 is 5.70. The minimum atomic E-state index is -0.940. The molecule has 1 unspecified atom stereocenters. The Kier molecular flexibility index (Phi) is 7.56. The van der Waals surface area contributed by atoms with Crippen molar-refractivity contribution in [1.29, 1.82) is 0 Å². The Morgan fingerprint density at radius 3 is 2.17 bits per heavy atom. The van der Waals surface area contributed by atoms with Crippen molar-refractivity contribution in [3.8, 4) is 5.75 Å². The summed E-state index contributed by atoms with van der Waals surface area (Å²) in [6.07, 6.45) is 0.129. The first kappa shape index (κ1) is 20.8. The van der Waals surface area contributed by atoms with E-state index in [0.29, 0.717) is 28.6 Å². The second kappa shape index (κ2) is 8.72. The molecule has 1 aromatic rings. The van der Waals surface area contributed by atoms with Crippen LogP contribution in [0.5, 0.6) is 5.75 Å². The van der Waals surface area contributed by atoms with Crippen molar-refractivity contribution in [3.63, 3.8) is 0 Å². The van der Waals surface area contributed by atoms with E-state index in [1.807, 2.05) is 20.8 Å². The molecule has 1 rings (SSSR count). The van der Waals surface area contributed by atoms with Crippen molar-refractivity contribution in [2.75, 3.05) is 0 Å². The van der Waals surface area contributed by atoms with E-state index in [2.05, 4.69) is 5.32 Å². The number of ketones is 1. The standard InChI is InChI=1S/C18H25Cl2NO3/c1-6-15(24-14-9-12(19)8-13(20)10-14)17(23)21-18(4,5)16(22)7-11(2)3/h8-11,15H,6-7H2,1-5H3,(H,21,23). The van der Waals surface area contributed by atoms with Gasteiger partial charge in [-0.3, -0.25) is 9.59 Å². The van der Waals surface area contributed by atoms with Gasteiger partial charge >= 0.3 is 0 Å². The van der Waals surface area contributed by atoms with Crippen molar-refractivity contribution >= 4 is 34.9 Å². The Balaban J connectivity index is 2.80. The van der Waals surface area contributed by atoms with Gasteiger partial charge in [-0.15, -0.1) is 0 Å². The number of amides is 1. The average molecular weight is 374 g/mol. The summed E-state index contributed by atoms with van der Waals surface area (Å²) >= 11 is 11.9. The first-order valence-electron chi connectivity index (χ1n) is 8.03. The Morgan fingerprint density at radius 1 is 1.17 bits per heavy atom. The van der Waals surface area contributed by atoms with Crippen molar-refractivity contribution in [2.45, 2.75) is 59.1 Å². The number of ether oxygens (including phenoxy) is 1. The van der Waals surface area contributed by atoms with Crippen LogP contribution >= 0.6 is 23.2 Å². The van der Waals surface area contributed by atoms with Crippen LogP contribution in [0.25, 0.3) is 0 Å². The fourth-order valence-corrected chi connectivity index (χ4v) is 2.67. The van der Waals surface area contributed by atoms with Crippen LogP contribution in [0.3, 0.4) is 0 Å². The summed E-state index contributed by atoms with van der Waals surface area (Å²) in [5.74, 6) is 0.309. The number of hydrogen-bond donors (Lipinski definition) is 1. The average Bonchev–Trinajstić information content (AvgIpc) is 2.42. The van der Waals surface area contributed by atoms with Gasteiger partial charge in [-0.1, -0.05) is 44.0 Å². The highest BCUT2D eigenvalue weighted by Crippen LogP contribution is 2.25. The molecule has 24 heavy (non-hydrogen) atoms. The number of rotatable bonds is 8. The predicted molar refractivity (Wildman–Crippen MR) is 97.9 cm³/mol. The summed E-state index contributed by atoms with van der Waals surface area (Å²) in [7, 11) is 0. The highest BCUT2D eigenvalue weighted by atomic mass is 35.5. The van der Waals surface area contributed by atoms with Gasteiger partial charge < -0.3 is 10.1 Å². The second-order valence-corrected chi connectivity index (χ2v) is 7.63. The number of hydrogen-bond acceptors (Lipinski definition) is 3. The molecule has 6 heteroatoms. The molecule has 134 valence electrons. The van der Waals surface area contributed by atoms with Crippen LogP contribution < -0.4 is 10.1 Å². The van der Waals surface area contributed by atoms with E-state index in [4.69, 9.17) is 27.9 Å². The molecular formula is C18H25Cl2NO3. The molecule has 0 aliphatic carbocycles. The lowest BCUT2D eigenvalue weighted by Gasteiger charge is -2.28. The van der Waals surface area contributed by atoms with Gasteiger partial charge in [-0.25, -0.2) is 0 Å². The Labute approximate surface area is 153 Å². The molecule has 0 bridgehead atoms. The van der Waals surface area contributed by atoms with Gasteiger partial charge in [0.1, 0.15) is 5.75 Å². The highest BCUT2D eigenvalue weighted by Gasteiger charge is 2.32. The largest absolute Gasteiger partial charge is 0.481 e. The lowest BCUT2D eigenvalue weighted by atomic mass is 9.92. The van der Waals surface area contributed by atoms with Gasteiger partial charge in [0.15, 0.2) is 11.9 Å². The normalized spacial score (nSPS) is 12.8. The van der Waals surface area contributed by atoms with Gasteiger partial charge in [-0.2, -0.15) is 0 Å². The number of benzene rings is 1. The van der Waals surface area contributed by atoms with Crippen molar-refractivity contribution in [2.24, 2.45) is 5.92 Å². The molecule has 1 atom stereocenters. The number of Topliss-reactive ketones (excluding diaryl/α,β-unsaturated/α-hetero) is 1. The molecule has 4 nitrogen and oxygen atoms in total. The number of carbonyl (C=O) groups excluding carboxylic acids is 2. The molecule has 1 N–H and O–H groups in total. The van der Waals surface area contributed by atoms with Crippen molar-refractivity contribution < 1.29 is 14.3 Å². The lowest BCUT2D eigenvalue weighted by Crippen LogP contribution is -2.54. The fourth-order valence-electron chi connectivity index (χ4n) is 2.17. The van der Waals surface area contributed by atoms with Crippen LogP contribution in [-0.2, 0) is 9.59 Å². The van der Waals surface area contributed by atoms with Gasteiger partial charge in [0.25, 0.3) is 5.91 Å². The molecule has 0 spiro atoms. The van der Waals surface area contributed by atoms with E-state index in [9.17, 15) is 9.59 Å². The van der Waals surface area contributed by atoms with Crippen LogP contribution in [0, 0.1) is 5.92 Å². The maximum absolute atomic E-state index is 12.5. The third-order valence-corrected chi connectivity index (χ3v) is 3.94. The van der Waals surface area contributed by atoms with Crippen LogP contribution in [-0.4, -0.2) is 23.3 Å². The number of halogens is 2. The minimum Gasteiger partial charge on any atom is -0.481 e. The topological polar surface area (TPSA) is 55.4 Å². The number of nitrogens with one attached hydrogen (secondary N) is 1. The summed E-state index contributed by atoms with van der Waals surface area (Å²) in [6, 6.07) is 4.78. The molecule has 1 amide bonds. The smallest absolute Gasteiger partial charge is 0.261 e. The van der Waals surface area contributed by atoms with Gasteiger partial charge in [-0.05, 0) is 44.4 Å². The summed E-state index contributed by atoms with van der Waals surface area (Å²) in [5, 5.41) is 3.64. The van der Waals surface area contributed by atoms with Crippen LogP contribution in [0.15, 0.2) is 18.2 Å². The SMILES string of the molecule is CCC(Oc1cc(Cl)cc(Cl)c1)C(=O)NC(C)(C)C(=O)CC(C)C. The molecular weight excluding hydrogens is 349 g/mol. The lowest BCUT2D eigenvalue weighted by molar-refractivity contribution is -0.135. The monoisotopic (exact) mass is 373 g/mol. The summed E-state index contributed by atoms with van der Waals surface area (Å²) in [4.78, 5) is 24.8. The van der Waals surface area contributed by atoms with Crippen LogP contribution in [0.4, 0.5) is 0 Å². The Hall–Kier alpha value is -1.26. The molecule has 0 saturated heterocycles. The first-order valence-corrected chi connectivity index (χ1v) is 8.78. The zero-order chi connectivity index (χ0) is 18.5. The highest BCUT2D eigenvalue weighted by molar-refractivity contribution is 6.34. The van der Waals surface area contributed by atoms with Gasteiger partial charge in [0.2, 0.25) is 0 Å². The van der Waals surface area contributed by atoms with E-state index >= 15 is 0 Å². The molecule has 0 saturated carbocycles. The molecule has 0 radical (unpaired) electrons. The van der Waals surface area contributed by atoms with Crippen LogP contribution in [0.1, 0.15) is 47.5 Å². The summed E-state index contributed by atoms with van der Waals surface area (Å²) in [6.45, 7) is 9.18. The van der Waals surface area contributed by atoms with Crippen LogP contribution in [0.2, 0.25) is 10.0 Å². The predicted octanol–water partition coefficient (Wildman–Crippen LogP) is 4.66. The van der Waals surface area contributed by atoms with Gasteiger partial charge in [0, 0.05) is 16.5 Å².